The molecule has 1 unspecified atom stereocenters. The molecule has 1 atom stereocenters. The van der Waals surface area contributed by atoms with E-state index in [0.717, 1.165) is 11.1 Å². The van der Waals surface area contributed by atoms with Crippen molar-refractivity contribution in [2.24, 2.45) is 15.7 Å². The van der Waals surface area contributed by atoms with Crippen molar-refractivity contribution >= 4 is 29.2 Å². The Hall–Kier alpha value is -4.50. The second-order valence-corrected chi connectivity index (χ2v) is 7.52. The lowest BCUT2D eigenvalue weighted by Crippen LogP contribution is -2.29. The van der Waals surface area contributed by atoms with Crippen LogP contribution < -0.4 is 15.8 Å². The first-order valence-corrected chi connectivity index (χ1v) is 11.9. The number of hydrogen-bond donors (Lipinski definition) is 3. The van der Waals surface area contributed by atoms with Crippen molar-refractivity contribution in [1.82, 2.24) is 0 Å². The van der Waals surface area contributed by atoms with Gasteiger partial charge in [0.05, 0.1) is 18.0 Å². The van der Waals surface area contributed by atoms with Crippen molar-refractivity contribution in [1.29, 1.82) is 5.41 Å². The Labute approximate surface area is 216 Å². The SMILES string of the molecule is CC.COCCOc1cccc(C(=N)O/C(N)=N/C2N=C(c3ccccc3)c3ccccc3NC2=O)c1. The second kappa shape index (κ2) is 13.6. The van der Waals surface area contributed by atoms with Gasteiger partial charge in [-0.3, -0.25) is 10.2 Å². The highest BCUT2D eigenvalue weighted by Crippen LogP contribution is 2.24. The number of carbonyl (C=O) groups is 1. The number of fused-ring (bicyclic) bond motifs is 1. The number of rotatable bonds is 7. The summed E-state index contributed by atoms with van der Waals surface area (Å²) in [5.41, 5.74) is 9.22. The summed E-state index contributed by atoms with van der Waals surface area (Å²) >= 11 is 0. The van der Waals surface area contributed by atoms with Gasteiger partial charge in [0.2, 0.25) is 12.1 Å². The first-order valence-electron chi connectivity index (χ1n) is 11.9. The number of ether oxygens (including phenoxy) is 3. The van der Waals surface area contributed by atoms with Gasteiger partial charge in [-0.15, -0.1) is 0 Å². The molecular formula is C28H31N5O4. The van der Waals surface area contributed by atoms with Crippen LogP contribution >= 0.6 is 0 Å². The minimum Gasteiger partial charge on any atom is -0.491 e. The lowest BCUT2D eigenvalue weighted by atomic mass is 10.0. The summed E-state index contributed by atoms with van der Waals surface area (Å²) in [6, 6.07) is 23.3. The zero-order chi connectivity index (χ0) is 26.6. The molecule has 3 aromatic rings. The maximum atomic E-state index is 12.9. The fourth-order valence-electron chi connectivity index (χ4n) is 3.44. The van der Waals surface area contributed by atoms with E-state index < -0.39 is 12.1 Å². The Morgan fingerprint density at radius 3 is 2.51 bits per heavy atom. The van der Waals surface area contributed by atoms with Gasteiger partial charge in [-0.1, -0.05) is 68.4 Å². The largest absolute Gasteiger partial charge is 0.491 e. The highest BCUT2D eigenvalue weighted by molar-refractivity contribution is 6.19. The van der Waals surface area contributed by atoms with Gasteiger partial charge in [-0.25, -0.2) is 4.99 Å². The van der Waals surface area contributed by atoms with Gasteiger partial charge in [0.1, 0.15) is 12.4 Å². The first kappa shape index (κ1) is 27.1. The van der Waals surface area contributed by atoms with Crippen molar-refractivity contribution < 1.29 is 19.0 Å². The van der Waals surface area contributed by atoms with Crippen LogP contribution in [-0.4, -0.2) is 50.0 Å². The summed E-state index contributed by atoms with van der Waals surface area (Å²) in [6.45, 7) is 4.81. The number of carbonyl (C=O) groups excluding carboxylic acids is 1. The van der Waals surface area contributed by atoms with E-state index in [-0.39, 0.29) is 11.9 Å². The monoisotopic (exact) mass is 501 g/mol. The molecule has 4 N–H and O–H groups in total. The van der Waals surface area contributed by atoms with E-state index in [1.165, 1.54) is 0 Å². The molecule has 1 aliphatic rings. The van der Waals surface area contributed by atoms with Gasteiger partial charge >= 0.3 is 0 Å². The molecule has 1 aliphatic heterocycles. The van der Waals surface area contributed by atoms with Gasteiger partial charge in [0.25, 0.3) is 11.9 Å². The van der Waals surface area contributed by atoms with Crippen LogP contribution in [0, 0.1) is 5.41 Å². The van der Waals surface area contributed by atoms with Crippen LogP contribution in [0.4, 0.5) is 5.69 Å². The number of benzene rings is 3. The number of para-hydroxylation sites is 1. The molecule has 9 heteroatoms. The lowest BCUT2D eigenvalue weighted by Gasteiger charge is -2.11. The number of nitrogens with two attached hydrogens (primary N) is 1. The fraction of sp³-hybridized carbons (Fsp3) is 0.214. The number of nitrogens with zero attached hydrogens (tertiary/aromatic N) is 2. The molecule has 0 aliphatic carbocycles. The average molecular weight is 502 g/mol. The van der Waals surface area contributed by atoms with Crippen molar-refractivity contribution in [2.75, 3.05) is 25.6 Å². The predicted molar refractivity (Wildman–Crippen MR) is 146 cm³/mol. The first-order chi connectivity index (χ1) is 18.0. The number of hydrogen-bond acceptors (Lipinski definition) is 7. The molecule has 9 nitrogen and oxygen atoms in total. The Balaban J connectivity index is 0.00000186. The van der Waals surface area contributed by atoms with Gasteiger partial charge < -0.3 is 25.3 Å². The van der Waals surface area contributed by atoms with E-state index in [2.05, 4.69) is 15.3 Å². The Morgan fingerprint density at radius 2 is 1.76 bits per heavy atom. The molecule has 0 saturated carbocycles. The number of methoxy groups -OCH3 is 1. The Morgan fingerprint density at radius 1 is 1.03 bits per heavy atom. The number of anilines is 1. The zero-order valence-electron chi connectivity index (χ0n) is 21.1. The minimum absolute atomic E-state index is 0.243. The Kier molecular flexibility index (Phi) is 9.92. The molecule has 192 valence electrons. The van der Waals surface area contributed by atoms with Crippen LogP contribution in [0.2, 0.25) is 0 Å². The number of amides is 1. The quantitative estimate of drug-likeness (QED) is 0.254. The van der Waals surface area contributed by atoms with Gasteiger partial charge in [0.15, 0.2) is 0 Å². The van der Waals surface area contributed by atoms with E-state index in [1.807, 2.05) is 62.4 Å². The van der Waals surface area contributed by atoms with E-state index in [9.17, 15) is 4.79 Å². The molecule has 3 aromatic carbocycles. The second-order valence-electron chi connectivity index (χ2n) is 7.52. The zero-order valence-corrected chi connectivity index (χ0v) is 21.1. The molecule has 1 amide bonds. The van der Waals surface area contributed by atoms with Crippen molar-refractivity contribution in [3.05, 3.63) is 95.6 Å². The van der Waals surface area contributed by atoms with Crippen molar-refractivity contribution in [2.45, 2.75) is 20.0 Å². The molecule has 0 aromatic heterocycles. The topological polar surface area (TPSA) is 131 Å². The summed E-state index contributed by atoms with van der Waals surface area (Å²) in [6.07, 6.45) is -1.20. The number of benzodiazepines with no additional fused rings is 1. The molecule has 0 radical (unpaired) electrons. The molecule has 37 heavy (non-hydrogen) atoms. The highest BCUT2D eigenvalue weighted by atomic mass is 16.5. The summed E-state index contributed by atoms with van der Waals surface area (Å²) < 4.78 is 15.9. The molecule has 4 rings (SSSR count). The molecular weight excluding hydrogens is 470 g/mol. The third kappa shape index (κ3) is 7.25. The van der Waals surface area contributed by atoms with E-state index in [0.29, 0.717) is 35.9 Å². The van der Waals surface area contributed by atoms with E-state index in [1.54, 1.807) is 37.4 Å². The standard InChI is InChI=1S/C26H25N5O4.C2H6/c1-33-14-15-34-19-11-7-10-18(16-19)23(27)35-26(28)31-24-25(32)29-21-13-6-5-12-20(21)22(30-24)17-8-3-2-4-9-17;1-2/h2-13,16,24,27H,14-15H2,1H3,(H2,28,31)(H,29,32);1-2H3. The van der Waals surface area contributed by atoms with Crippen molar-refractivity contribution in [3.8, 4) is 5.75 Å². The van der Waals surface area contributed by atoms with Crippen LogP contribution in [0.3, 0.4) is 0 Å². The molecule has 1 heterocycles. The maximum Gasteiger partial charge on any atom is 0.291 e. The summed E-state index contributed by atoms with van der Waals surface area (Å²) in [4.78, 5) is 21.7. The highest BCUT2D eigenvalue weighted by Gasteiger charge is 2.26. The van der Waals surface area contributed by atoms with Gasteiger partial charge in [-0.05, 0) is 24.3 Å². The van der Waals surface area contributed by atoms with Crippen LogP contribution in [0.15, 0.2) is 88.8 Å². The van der Waals surface area contributed by atoms with E-state index >= 15 is 0 Å². The van der Waals surface area contributed by atoms with Crippen LogP contribution in [0.1, 0.15) is 30.5 Å². The Bertz CT molecular complexity index is 1270. The normalized spacial score (nSPS) is 14.7. The molecule has 0 spiro atoms. The lowest BCUT2D eigenvalue weighted by molar-refractivity contribution is -0.117. The molecule has 0 saturated heterocycles. The van der Waals surface area contributed by atoms with E-state index in [4.69, 9.17) is 25.4 Å². The number of nitrogens with one attached hydrogen (secondary N) is 2. The molecule has 0 fully saturated rings. The molecule has 0 bridgehead atoms. The third-order valence-corrected chi connectivity index (χ3v) is 5.08. The van der Waals surface area contributed by atoms with Crippen LogP contribution in [-0.2, 0) is 14.3 Å². The number of amidine groups is 1. The maximum absolute atomic E-state index is 12.9. The van der Waals surface area contributed by atoms with Crippen LogP contribution in [0.25, 0.3) is 0 Å². The predicted octanol–water partition coefficient (Wildman–Crippen LogP) is 4.21. The summed E-state index contributed by atoms with van der Waals surface area (Å²) in [5, 5.41) is 11.1. The van der Waals surface area contributed by atoms with Gasteiger partial charge in [0, 0.05) is 23.8 Å². The smallest absolute Gasteiger partial charge is 0.291 e. The van der Waals surface area contributed by atoms with Gasteiger partial charge in [-0.2, -0.15) is 4.99 Å². The summed E-state index contributed by atoms with van der Waals surface area (Å²) in [5.74, 6) is -0.149. The third-order valence-electron chi connectivity index (χ3n) is 5.08. The summed E-state index contributed by atoms with van der Waals surface area (Å²) in [7, 11) is 1.59. The van der Waals surface area contributed by atoms with Crippen molar-refractivity contribution in [3.63, 3.8) is 0 Å². The fourth-order valence-corrected chi connectivity index (χ4v) is 3.44. The minimum atomic E-state index is -1.20. The average Bonchev–Trinajstić information content (AvgIpc) is 3.06. The number of aliphatic imine (C=N–C) groups is 2. The van der Waals surface area contributed by atoms with Crippen LogP contribution in [0.5, 0.6) is 5.75 Å².